The number of hydrogen-bond acceptors (Lipinski definition) is 3. The molecule has 0 aliphatic carbocycles. The summed E-state index contributed by atoms with van der Waals surface area (Å²) >= 11 is 5.90. The van der Waals surface area contributed by atoms with Gasteiger partial charge in [-0.2, -0.15) is 0 Å². The molecular weight excluding hydrogens is 310 g/mol. The van der Waals surface area contributed by atoms with Crippen LogP contribution in [0.15, 0.2) is 47.4 Å². The molecule has 2 aromatic carbocycles. The quantitative estimate of drug-likeness (QED) is 0.914. The van der Waals surface area contributed by atoms with E-state index in [0.717, 1.165) is 11.1 Å². The molecule has 0 amide bonds. The van der Waals surface area contributed by atoms with Crippen LogP contribution in [0.2, 0.25) is 5.02 Å². The first-order valence-corrected chi connectivity index (χ1v) is 8.15. The zero-order valence-electron chi connectivity index (χ0n) is 11.8. The molecule has 0 aliphatic rings. The van der Waals surface area contributed by atoms with Crippen molar-refractivity contribution in [1.82, 2.24) is 0 Å². The van der Waals surface area contributed by atoms with Crippen LogP contribution in [0.5, 0.6) is 0 Å². The second-order valence-electron chi connectivity index (χ2n) is 4.64. The smallest absolute Gasteiger partial charge is 0.261 e. The summed E-state index contributed by atoms with van der Waals surface area (Å²) in [5, 5.41) is 0.480. The lowest BCUT2D eigenvalue weighted by molar-refractivity contribution is 0.185. The fourth-order valence-corrected chi connectivity index (χ4v) is 3.13. The van der Waals surface area contributed by atoms with Gasteiger partial charge in [-0.15, -0.1) is 0 Å². The van der Waals surface area contributed by atoms with Crippen LogP contribution < -0.4 is 4.72 Å². The maximum atomic E-state index is 12.3. The monoisotopic (exact) mass is 325 g/mol. The number of ether oxygens (including phenoxy) is 1. The largest absolute Gasteiger partial charge is 0.380 e. The van der Waals surface area contributed by atoms with Crippen molar-refractivity contribution in [2.75, 3.05) is 11.8 Å². The Balaban J connectivity index is 2.27. The van der Waals surface area contributed by atoms with Gasteiger partial charge in [0, 0.05) is 12.1 Å². The van der Waals surface area contributed by atoms with Crippen LogP contribution in [0.4, 0.5) is 5.69 Å². The molecule has 0 unspecified atom stereocenters. The lowest BCUT2D eigenvalue weighted by atomic mass is 10.2. The number of methoxy groups -OCH3 is 1. The van der Waals surface area contributed by atoms with Crippen molar-refractivity contribution >= 4 is 27.3 Å². The molecule has 21 heavy (non-hydrogen) atoms. The van der Waals surface area contributed by atoms with Gasteiger partial charge in [0.05, 0.1) is 17.2 Å². The lowest BCUT2D eigenvalue weighted by Gasteiger charge is -2.11. The fraction of sp³-hybridized carbons (Fsp3) is 0.200. The van der Waals surface area contributed by atoms with Crippen molar-refractivity contribution in [3.05, 3.63) is 58.6 Å². The number of sulfonamides is 1. The molecule has 1 N–H and O–H groups in total. The predicted octanol–water partition coefficient (Wildman–Crippen LogP) is 3.60. The highest BCUT2D eigenvalue weighted by Crippen LogP contribution is 2.23. The number of nitrogens with one attached hydrogen (secondary N) is 1. The van der Waals surface area contributed by atoms with E-state index >= 15 is 0 Å². The molecule has 0 heterocycles. The van der Waals surface area contributed by atoms with Crippen molar-refractivity contribution in [2.24, 2.45) is 0 Å². The first-order valence-electron chi connectivity index (χ1n) is 6.29. The summed E-state index contributed by atoms with van der Waals surface area (Å²) < 4.78 is 32.2. The molecule has 2 aromatic rings. The molecule has 4 nitrogen and oxygen atoms in total. The average Bonchev–Trinajstić information content (AvgIpc) is 2.44. The van der Waals surface area contributed by atoms with Gasteiger partial charge in [0.15, 0.2) is 0 Å². The van der Waals surface area contributed by atoms with Gasteiger partial charge in [-0.05, 0) is 42.3 Å². The maximum Gasteiger partial charge on any atom is 0.261 e. The van der Waals surface area contributed by atoms with E-state index in [4.69, 9.17) is 16.3 Å². The van der Waals surface area contributed by atoms with Crippen LogP contribution in [0, 0.1) is 6.92 Å². The van der Waals surface area contributed by atoms with Crippen LogP contribution in [0.3, 0.4) is 0 Å². The summed E-state index contributed by atoms with van der Waals surface area (Å²) in [4.78, 5) is 0.196. The fourth-order valence-electron chi connectivity index (χ4n) is 1.84. The van der Waals surface area contributed by atoms with Crippen molar-refractivity contribution in [2.45, 2.75) is 18.4 Å². The van der Waals surface area contributed by atoms with Gasteiger partial charge >= 0.3 is 0 Å². The van der Waals surface area contributed by atoms with Gasteiger partial charge < -0.3 is 4.74 Å². The van der Waals surface area contributed by atoms with E-state index < -0.39 is 10.0 Å². The van der Waals surface area contributed by atoms with Crippen LogP contribution in [0.25, 0.3) is 0 Å². The highest BCUT2D eigenvalue weighted by molar-refractivity contribution is 7.92. The first-order chi connectivity index (χ1) is 9.92. The number of anilines is 1. The minimum absolute atomic E-state index is 0.196. The van der Waals surface area contributed by atoms with E-state index in [-0.39, 0.29) is 4.90 Å². The van der Waals surface area contributed by atoms with Crippen molar-refractivity contribution in [1.29, 1.82) is 0 Å². The Bertz CT molecular complexity index is 727. The number of hydrogen-bond donors (Lipinski definition) is 1. The Morgan fingerprint density at radius 2 is 1.81 bits per heavy atom. The Morgan fingerprint density at radius 3 is 2.43 bits per heavy atom. The number of halogens is 1. The SMILES string of the molecule is COCc1ccc(S(=O)(=O)Nc2cc(Cl)ccc2C)cc1. The third-order valence-electron chi connectivity index (χ3n) is 2.99. The second-order valence-corrected chi connectivity index (χ2v) is 6.76. The molecule has 0 bridgehead atoms. The summed E-state index contributed by atoms with van der Waals surface area (Å²) in [5.41, 5.74) is 2.19. The lowest BCUT2D eigenvalue weighted by Crippen LogP contribution is -2.13. The standard InChI is InChI=1S/C15H16ClNO3S/c1-11-3-6-13(16)9-15(11)17-21(18,19)14-7-4-12(5-8-14)10-20-2/h3-9,17H,10H2,1-2H3. The number of aryl methyl sites for hydroxylation is 1. The van der Waals surface area contributed by atoms with Crippen LogP contribution in [-0.4, -0.2) is 15.5 Å². The normalized spacial score (nSPS) is 11.4. The van der Waals surface area contributed by atoms with E-state index in [1.165, 1.54) is 0 Å². The van der Waals surface area contributed by atoms with Crippen molar-refractivity contribution in [3.63, 3.8) is 0 Å². The van der Waals surface area contributed by atoms with E-state index in [0.29, 0.717) is 17.3 Å². The second kappa shape index (κ2) is 6.47. The number of benzene rings is 2. The van der Waals surface area contributed by atoms with Gasteiger partial charge in [-0.1, -0.05) is 29.8 Å². The molecule has 2 rings (SSSR count). The third kappa shape index (κ3) is 3.97. The summed E-state index contributed by atoms with van der Waals surface area (Å²) in [6.45, 7) is 2.26. The maximum absolute atomic E-state index is 12.3. The van der Waals surface area contributed by atoms with Gasteiger partial charge in [0.25, 0.3) is 10.0 Å². The van der Waals surface area contributed by atoms with Crippen molar-refractivity contribution < 1.29 is 13.2 Å². The highest BCUT2D eigenvalue weighted by atomic mass is 35.5. The Hall–Kier alpha value is -1.56. The zero-order chi connectivity index (χ0) is 15.5. The molecule has 6 heteroatoms. The predicted molar refractivity (Wildman–Crippen MR) is 84.2 cm³/mol. The summed E-state index contributed by atoms with van der Waals surface area (Å²) in [5.74, 6) is 0. The third-order valence-corrected chi connectivity index (χ3v) is 4.61. The van der Waals surface area contributed by atoms with Crippen LogP contribution in [0.1, 0.15) is 11.1 Å². The Kier molecular flexibility index (Phi) is 4.88. The van der Waals surface area contributed by atoms with Crippen LogP contribution in [-0.2, 0) is 21.4 Å². The topological polar surface area (TPSA) is 55.4 Å². The zero-order valence-corrected chi connectivity index (χ0v) is 13.3. The number of rotatable bonds is 5. The minimum atomic E-state index is -3.63. The van der Waals surface area contributed by atoms with Gasteiger partial charge in [-0.25, -0.2) is 8.42 Å². The van der Waals surface area contributed by atoms with E-state index in [1.54, 1.807) is 49.6 Å². The summed E-state index contributed by atoms with van der Waals surface area (Å²) in [6, 6.07) is 11.6. The molecule has 0 radical (unpaired) electrons. The molecule has 0 saturated carbocycles. The van der Waals surface area contributed by atoms with Crippen LogP contribution >= 0.6 is 11.6 Å². The van der Waals surface area contributed by atoms with Gasteiger partial charge in [0.2, 0.25) is 0 Å². The highest BCUT2D eigenvalue weighted by Gasteiger charge is 2.15. The Labute approximate surface area is 129 Å². The van der Waals surface area contributed by atoms with E-state index in [9.17, 15) is 8.42 Å². The molecule has 0 atom stereocenters. The first kappa shape index (κ1) is 15.8. The van der Waals surface area contributed by atoms with E-state index in [1.807, 2.05) is 6.92 Å². The molecule has 0 fully saturated rings. The molecule has 0 saturated heterocycles. The minimum Gasteiger partial charge on any atom is -0.380 e. The summed E-state index contributed by atoms with van der Waals surface area (Å²) in [6.07, 6.45) is 0. The molecular formula is C15H16ClNO3S. The molecule has 0 spiro atoms. The Morgan fingerprint density at radius 1 is 1.14 bits per heavy atom. The van der Waals surface area contributed by atoms with E-state index in [2.05, 4.69) is 4.72 Å². The molecule has 112 valence electrons. The van der Waals surface area contributed by atoms with Gasteiger partial charge in [0.1, 0.15) is 0 Å². The molecule has 0 aromatic heterocycles. The average molecular weight is 326 g/mol. The van der Waals surface area contributed by atoms with Gasteiger partial charge in [-0.3, -0.25) is 4.72 Å². The summed E-state index contributed by atoms with van der Waals surface area (Å²) in [7, 11) is -2.04. The van der Waals surface area contributed by atoms with Crippen molar-refractivity contribution in [3.8, 4) is 0 Å². The molecule has 0 aliphatic heterocycles.